The van der Waals surface area contributed by atoms with Crippen LogP contribution in [0.1, 0.15) is 206 Å². The van der Waals surface area contributed by atoms with Gasteiger partial charge in [0.05, 0.1) is 19.8 Å². The first-order valence-electron chi connectivity index (χ1n) is 22.9. The van der Waals surface area contributed by atoms with Gasteiger partial charge in [0.25, 0.3) is 0 Å². The zero-order valence-electron chi connectivity index (χ0n) is 36.3. The minimum absolute atomic E-state index is 0.175. The summed E-state index contributed by atoms with van der Waals surface area (Å²) in [6.07, 6.45) is 43.9. The number of hydrogen-bond donors (Lipinski definition) is 3. The summed E-state index contributed by atoms with van der Waals surface area (Å²) < 4.78 is 32.8. The van der Waals surface area contributed by atoms with Crippen molar-refractivity contribution >= 4 is 19.8 Å². The fourth-order valence-electron chi connectivity index (χ4n) is 6.19. The summed E-state index contributed by atoms with van der Waals surface area (Å²) in [6, 6.07) is 0. The molecule has 0 saturated heterocycles. The Bertz CT molecular complexity index is 1050. The van der Waals surface area contributed by atoms with E-state index in [4.69, 9.17) is 23.6 Å². The molecular weight excluding hydrogens is 743 g/mol. The van der Waals surface area contributed by atoms with E-state index in [0.717, 1.165) is 64.2 Å². The molecule has 0 bridgehead atoms. The Labute approximate surface area is 348 Å². The Morgan fingerprint density at radius 3 is 1.40 bits per heavy atom. The van der Waals surface area contributed by atoms with Crippen LogP contribution in [0.5, 0.6) is 0 Å². The number of esters is 2. The fourth-order valence-corrected chi connectivity index (χ4v) is 6.98. The van der Waals surface area contributed by atoms with E-state index in [1.165, 1.54) is 103 Å². The van der Waals surface area contributed by atoms with Gasteiger partial charge in [-0.25, -0.2) is 4.57 Å². The summed E-state index contributed by atoms with van der Waals surface area (Å²) in [5.41, 5.74) is 0. The van der Waals surface area contributed by atoms with E-state index in [2.05, 4.69) is 50.3 Å². The van der Waals surface area contributed by atoms with Gasteiger partial charge >= 0.3 is 19.8 Å². The van der Waals surface area contributed by atoms with Crippen molar-refractivity contribution in [2.75, 3.05) is 26.4 Å². The molecule has 0 rings (SSSR count). The average Bonchev–Trinajstić information content (AvgIpc) is 3.20. The zero-order valence-corrected chi connectivity index (χ0v) is 37.2. The van der Waals surface area contributed by atoms with Gasteiger partial charge in [0.15, 0.2) is 6.10 Å². The molecule has 0 aliphatic rings. The van der Waals surface area contributed by atoms with Gasteiger partial charge in [0, 0.05) is 12.8 Å². The second-order valence-electron chi connectivity index (χ2n) is 15.4. The van der Waals surface area contributed by atoms with E-state index in [1.807, 2.05) is 0 Å². The standard InChI is InChI=1S/C46H85O10P/c1-3-5-7-9-11-13-15-17-19-21-23-25-27-29-31-33-35-37-45(49)53-41-44(42-55-57(51,52)54-40-43(48)39-47)56-46(50)38-36-34-32-30-28-26-24-22-20-18-16-14-12-10-8-6-4-2/h12,14,17-20,43-44,47-48H,3-11,13,15-16,21-42H2,1-2H3,(H,51,52)/b14-12-,19-17-,20-18-/t43-,44+/m0/s1. The monoisotopic (exact) mass is 829 g/mol. The number of hydrogen-bond acceptors (Lipinski definition) is 9. The van der Waals surface area contributed by atoms with Crippen molar-refractivity contribution in [1.29, 1.82) is 0 Å². The van der Waals surface area contributed by atoms with Crippen LogP contribution in [-0.4, -0.2) is 65.7 Å². The molecule has 0 heterocycles. The quantitative estimate of drug-likeness (QED) is 0.0235. The van der Waals surface area contributed by atoms with Crippen molar-refractivity contribution in [3.63, 3.8) is 0 Å². The largest absolute Gasteiger partial charge is 0.472 e. The van der Waals surface area contributed by atoms with E-state index in [-0.39, 0.29) is 19.4 Å². The lowest BCUT2D eigenvalue weighted by molar-refractivity contribution is -0.161. The van der Waals surface area contributed by atoms with Crippen molar-refractivity contribution < 1.29 is 47.8 Å². The van der Waals surface area contributed by atoms with Gasteiger partial charge in [-0.05, 0) is 70.6 Å². The Morgan fingerprint density at radius 1 is 0.526 bits per heavy atom. The van der Waals surface area contributed by atoms with Crippen molar-refractivity contribution in [2.45, 2.75) is 219 Å². The van der Waals surface area contributed by atoms with Crippen LogP contribution in [-0.2, 0) is 32.7 Å². The Balaban J connectivity index is 4.27. The maximum absolute atomic E-state index is 12.6. The molecule has 0 aliphatic carbocycles. The summed E-state index contributed by atoms with van der Waals surface area (Å²) in [6.45, 7) is 2.35. The highest BCUT2D eigenvalue weighted by molar-refractivity contribution is 7.47. The highest BCUT2D eigenvalue weighted by Gasteiger charge is 2.27. The molecule has 0 aromatic carbocycles. The second kappa shape index (κ2) is 42.3. The molecule has 0 aromatic rings. The van der Waals surface area contributed by atoms with E-state index in [1.54, 1.807) is 0 Å². The van der Waals surface area contributed by atoms with Gasteiger partial charge in [0.1, 0.15) is 12.7 Å². The van der Waals surface area contributed by atoms with Crippen LogP contribution in [0.2, 0.25) is 0 Å². The van der Waals surface area contributed by atoms with Crippen LogP contribution in [0.25, 0.3) is 0 Å². The molecule has 334 valence electrons. The number of phosphoric acid groups is 1. The lowest BCUT2D eigenvalue weighted by Crippen LogP contribution is -2.29. The number of aliphatic hydroxyl groups is 2. The number of aliphatic hydroxyl groups excluding tert-OH is 2. The summed E-state index contributed by atoms with van der Waals surface area (Å²) in [5, 5.41) is 18.3. The molecular formula is C46H85O10P. The molecule has 10 nitrogen and oxygen atoms in total. The molecule has 57 heavy (non-hydrogen) atoms. The molecule has 11 heteroatoms. The van der Waals surface area contributed by atoms with Crippen LogP contribution in [0.3, 0.4) is 0 Å². The van der Waals surface area contributed by atoms with Gasteiger partial charge in [-0.15, -0.1) is 0 Å². The summed E-state index contributed by atoms with van der Waals surface area (Å²) in [4.78, 5) is 35.0. The molecule has 3 atom stereocenters. The first kappa shape index (κ1) is 55.2. The van der Waals surface area contributed by atoms with E-state index in [9.17, 15) is 24.2 Å². The molecule has 0 fully saturated rings. The number of carbonyl (C=O) groups is 2. The van der Waals surface area contributed by atoms with Crippen molar-refractivity contribution in [3.8, 4) is 0 Å². The Kier molecular flexibility index (Phi) is 41.0. The number of ether oxygens (including phenoxy) is 2. The van der Waals surface area contributed by atoms with Gasteiger partial charge in [-0.1, -0.05) is 159 Å². The predicted octanol–water partition coefficient (Wildman–Crippen LogP) is 12.3. The topological polar surface area (TPSA) is 149 Å². The summed E-state index contributed by atoms with van der Waals surface area (Å²) >= 11 is 0. The maximum atomic E-state index is 12.6. The smallest absolute Gasteiger partial charge is 0.462 e. The lowest BCUT2D eigenvalue weighted by Gasteiger charge is -2.20. The molecule has 0 spiro atoms. The number of unbranched alkanes of at least 4 members (excludes halogenated alkanes) is 23. The number of allylic oxidation sites excluding steroid dienone is 6. The second-order valence-corrected chi connectivity index (χ2v) is 16.9. The molecule has 0 radical (unpaired) electrons. The number of rotatable bonds is 43. The third kappa shape index (κ3) is 42.1. The van der Waals surface area contributed by atoms with E-state index < -0.39 is 51.8 Å². The molecule has 0 amide bonds. The van der Waals surface area contributed by atoms with Gasteiger partial charge in [-0.3, -0.25) is 18.6 Å². The highest BCUT2D eigenvalue weighted by Crippen LogP contribution is 2.43. The summed E-state index contributed by atoms with van der Waals surface area (Å²) in [5.74, 6) is -0.935. The lowest BCUT2D eigenvalue weighted by atomic mass is 10.1. The summed E-state index contributed by atoms with van der Waals surface area (Å²) in [7, 11) is -4.62. The molecule has 1 unspecified atom stereocenters. The molecule has 0 aromatic heterocycles. The van der Waals surface area contributed by atoms with Crippen LogP contribution >= 0.6 is 7.82 Å². The first-order valence-corrected chi connectivity index (χ1v) is 24.4. The number of carbonyl (C=O) groups excluding carboxylic acids is 2. The zero-order chi connectivity index (χ0) is 41.9. The molecule has 0 aliphatic heterocycles. The van der Waals surface area contributed by atoms with Gasteiger partial charge < -0.3 is 24.6 Å². The minimum atomic E-state index is -4.62. The minimum Gasteiger partial charge on any atom is -0.462 e. The third-order valence-corrected chi connectivity index (χ3v) is 10.7. The highest BCUT2D eigenvalue weighted by atomic mass is 31.2. The first-order chi connectivity index (χ1) is 27.7. The van der Waals surface area contributed by atoms with Crippen LogP contribution < -0.4 is 0 Å². The predicted molar refractivity (Wildman–Crippen MR) is 233 cm³/mol. The number of phosphoric ester groups is 1. The van der Waals surface area contributed by atoms with Crippen molar-refractivity contribution in [1.82, 2.24) is 0 Å². The van der Waals surface area contributed by atoms with Crippen LogP contribution in [0.15, 0.2) is 36.5 Å². The SMILES string of the molecule is CCCCC/C=C\C/C=C\CCCCCCCCCC(=O)O[C@H](COC(=O)CCCCCCCCC/C=C\CCCCCCCC)COP(=O)(O)OC[C@@H](O)CO. The van der Waals surface area contributed by atoms with E-state index in [0.29, 0.717) is 12.8 Å². The Morgan fingerprint density at radius 2 is 0.912 bits per heavy atom. The van der Waals surface area contributed by atoms with Crippen LogP contribution in [0.4, 0.5) is 0 Å². The molecule has 3 N–H and O–H groups in total. The van der Waals surface area contributed by atoms with Crippen LogP contribution in [0, 0.1) is 0 Å². The van der Waals surface area contributed by atoms with E-state index >= 15 is 0 Å². The normalized spacial score (nSPS) is 14.1. The average molecular weight is 829 g/mol. The Hall–Kier alpha value is -1.81. The van der Waals surface area contributed by atoms with Crippen molar-refractivity contribution in [2.24, 2.45) is 0 Å². The molecule has 0 saturated carbocycles. The fraction of sp³-hybridized carbons (Fsp3) is 0.826. The van der Waals surface area contributed by atoms with Gasteiger partial charge in [0.2, 0.25) is 0 Å². The van der Waals surface area contributed by atoms with Gasteiger partial charge in [-0.2, -0.15) is 0 Å². The third-order valence-electron chi connectivity index (χ3n) is 9.77. The van der Waals surface area contributed by atoms with Crippen molar-refractivity contribution in [3.05, 3.63) is 36.5 Å². The maximum Gasteiger partial charge on any atom is 0.472 e.